The lowest BCUT2D eigenvalue weighted by molar-refractivity contribution is -0.161. The fourth-order valence-corrected chi connectivity index (χ4v) is 7.82. The minimum absolute atomic E-state index is 0.0639. The Balaban J connectivity index is 3.44. The van der Waals surface area contributed by atoms with Crippen molar-refractivity contribution in [1.82, 2.24) is 0 Å². The van der Waals surface area contributed by atoms with E-state index in [0.29, 0.717) is 12.8 Å². The van der Waals surface area contributed by atoms with Gasteiger partial charge < -0.3 is 14.6 Å². The molecule has 58 heavy (non-hydrogen) atoms. The van der Waals surface area contributed by atoms with Crippen LogP contribution in [0.3, 0.4) is 0 Å². The lowest BCUT2D eigenvalue weighted by Gasteiger charge is -2.15. The van der Waals surface area contributed by atoms with E-state index in [1.54, 1.807) is 0 Å². The number of hydrogen-bond acceptors (Lipinski definition) is 5. The summed E-state index contributed by atoms with van der Waals surface area (Å²) in [4.78, 5) is 24.4. The van der Waals surface area contributed by atoms with E-state index in [1.807, 2.05) is 0 Å². The van der Waals surface area contributed by atoms with Gasteiger partial charge in [-0.2, -0.15) is 0 Å². The van der Waals surface area contributed by atoms with E-state index in [4.69, 9.17) is 9.47 Å². The molecule has 0 spiro atoms. The zero-order valence-electron chi connectivity index (χ0n) is 39.1. The van der Waals surface area contributed by atoms with Crippen molar-refractivity contribution >= 4 is 11.9 Å². The van der Waals surface area contributed by atoms with Crippen LogP contribution in [-0.2, 0) is 19.1 Å². The maximum atomic E-state index is 12.2. The van der Waals surface area contributed by atoms with Crippen LogP contribution in [0.1, 0.15) is 284 Å². The number of aliphatic hydroxyl groups is 1. The quantitative estimate of drug-likeness (QED) is 0.0376. The van der Waals surface area contributed by atoms with Crippen molar-refractivity contribution in [3.63, 3.8) is 0 Å². The van der Waals surface area contributed by atoms with Crippen LogP contribution in [0.2, 0.25) is 0 Å². The average molecular weight is 817 g/mol. The van der Waals surface area contributed by atoms with Crippen molar-refractivity contribution in [1.29, 1.82) is 0 Å². The van der Waals surface area contributed by atoms with Crippen LogP contribution in [0.15, 0.2) is 24.3 Å². The van der Waals surface area contributed by atoms with Crippen LogP contribution in [-0.4, -0.2) is 36.4 Å². The zero-order valence-corrected chi connectivity index (χ0v) is 39.1. The van der Waals surface area contributed by atoms with Crippen molar-refractivity contribution in [3.05, 3.63) is 24.3 Å². The van der Waals surface area contributed by atoms with Gasteiger partial charge in [-0.3, -0.25) is 9.59 Å². The molecule has 0 aromatic rings. The molecule has 0 aromatic heterocycles. The molecule has 342 valence electrons. The number of allylic oxidation sites excluding steroid dienone is 4. The fraction of sp³-hybridized carbons (Fsp3) is 0.887. The highest BCUT2D eigenvalue weighted by atomic mass is 16.6. The summed E-state index contributed by atoms with van der Waals surface area (Å²) in [6, 6.07) is 0. The van der Waals surface area contributed by atoms with Crippen LogP contribution < -0.4 is 0 Å². The van der Waals surface area contributed by atoms with Gasteiger partial charge in [0.15, 0.2) is 6.10 Å². The third-order valence-corrected chi connectivity index (χ3v) is 11.7. The largest absolute Gasteiger partial charge is 0.462 e. The highest BCUT2D eigenvalue weighted by Gasteiger charge is 2.16. The SMILES string of the molecule is CCCCCC/C=C\C/C=C\CCCCCCCCCC(=O)OC(CO)COC(=O)CCCCCCCCCCCCCCCCCCCCCCCCCCCC. The lowest BCUT2D eigenvalue weighted by Crippen LogP contribution is -2.28. The summed E-state index contributed by atoms with van der Waals surface area (Å²) in [6.07, 6.45) is 61.4. The summed E-state index contributed by atoms with van der Waals surface area (Å²) in [5.74, 6) is -0.584. The fourth-order valence-electron chi connectivity index (χ4n) is 7.82. The summed E-state index contributed by atoms with van der Waals surface area (Å²) >= 11 is 0. The van der Waals surface area contributed by atoms with E-state index in [1.165, 1.54) is 212 Å². The molecule has 0 aromatic carbocycles. The van der Waals surface area contributed by atoms with E-state index >= 15 is 0 Å². The van der Waals surface area contributed by atoms with Crippen LogP contribution in [0, 0.1) is 0 Å². The van der Waals surface area contributed by atoms with Gasteiger partial charge in [0.25, 0.3) is 0 Å². The van der Waals surface area contributed by atoms with Crippen molar-refractivity contribution < 1.29 is 24.2 Å². The third kappa shape index (κ3) is 47.1. The Bertz CT molecular complexity index is 882. The van der Waals surface area contributed by atoms with Crippen molar-refractivity contribution in [3.8, 4) is 0 Å². The molecular formula is C53H100O5. The van der Waals surface area contributed by atoms with Gasteiger partial charge >= 0.3 is 11.9 Å². The Morgan fingerprint density at radius 2 is 0.690 bits per heavy atom. The van der Waals surface area contributed by atoms with Gasteiger partial charge in [-0.05, 0) is 44.9 Å². The predicted octanol–water partition coefficient (Wildman–Crippen LogP) is 17.0. The van der Waals surface area contributed by atoms with Gasteiger partial charge in [-0.15, -0.1) is 0 Å². The molecule has 0 bridgehead atoms. The maximum absolute atomic E-state index is 12.2. The molecular weight excluding hydrogens is 717 g/mol. The Hall–Kier alpha value is -1.62. The van der Waals surface area contributed by atoms with E-state index in [9.17, 15) is 14.7 Å². The summed E-state index contributed by atoms with van der Waals surface area (Å²) in [6.45, 7) is 4.16. The zero-order chi connectivity index (χ0) is 42.1. The number of carbonyl (C=O) groups is 2. The summed E-state index contributed by atoms with van der Waals surface area (Å²) in [7, 11) is 0. The lowest BCUT2D eigenvalue weighted by atomic mass is 10.0. The second-order valence-corrected chi connectivity index (χ2v) is 17.6. The van der Waals surface area contributed by atoms with Gasteiger partial charge in [0, 0.05) is 12.8 Å². The number of unbranched alkanes of at least 4 members (excludes halogenated alkanes) is 36. The monoisotopic (exact) mass is 817 g/mol. The minimum atomic E-state index is -0.772. The average Bonchev–Trinajstić information content (AvgIpc) is 3.23. The molecule has 0 saturated heterocycles. The maximum Gasteiger partial charge on any atom is 0.306 e. The second kappa shape index (κ2) is 49.7. The molecule has 0 amide bonds. The van der Waals surface area contributed by atoms with Crippen LogP contribution in [0.5, 0.6) is 0 Å². The summed E-state index contributed by atoms with van der Waals surface area (Å²) in [5, 5.41) is 9.62. The van der Waals surface area contributed by atoms with Gasteiger partial charge in [0.05, 0.1) is 6.61 Å². The molecule has 0 rings (SSSR count). The first-order valence-electron chi connectivity index (χ1n) is 25.9. The molecule has 0 aliphatic rings. The molecule has 0 saturated carbocycles. The van der Waals surface area contributed by atoms with Crippen LogP contribution in [0.4, 0.5) is 0 Å². The number of ether oxygens (including phenoxy) is 2. The van der Waals surface area contributed by atoms with Gasteiger partial charge in [0.1, 0.15) is 6.61 Å². The highest BCUT2D eigenvalue weighted by molar-refractivity contribution is 5.70. The second-order valence-electron chi connectivity index (χ2n) is 17.6. The van der Waals surface area contributed by atoms with E-state index in [-0.39, 0.29) is 25.2 Å². The first-order chi connectivity index (χ1) is 28.6. The Kier molecular flexibility index (Phi) is 48.4. The molecule has 5 heteroatoms. The number of rotatable bonds is 48. The normalized spacial score (nSPS) is 12.3. The number of aliphatic hydroxyl groups excluding tert-OH is 1. The first-order valence-corrected chi connectivity index (χ1v) is 25.9. The van der Waals surface area contributed by atoms with E-state index in [2.05, 4.69) is 38.2 Å². The minimum Gasteiger partial charge on any atom is -0.462 e. The standard InChI is InChI=1S/C53H100O5/c1-3-5-7-9-11-13-15-17-19-21-23-24-25-26-27-28-29-30-32-33-35-37-39-41-43-45-47-52(55)57-50-51(49-54)58-53(56)48-46-44-42-40-38-36-34-31-22-20-18-16-14-12-10-8-6-4-2/h14,16,20,22,51,54H,3-13,15,17-19,21,23-50H2,1-2H3/b16-14-,22-20-. The molecule has 0 fully saturated rings. The van der Waals surface area contributed by atoms with Crippen molar-refractivity contribution in [2.45, 2.75) is 290 Å². The molecule has 1 unspecified atom stereocenters. The molecule has 1 N–H and O–H groups in total. The molecule has 0 aliphatic carbocycles. The predicted molar refractivity (Wildman–Crippen MR) is 251 cm³/mol. The first kappa shape index (κ1) is 56.4. The topological polar surface area (TPSA) is 72.8 Å². The summed E-state index contributed by atoms with van der Waals surface area (Å²) < 4.78 is 10.7. The molecule has 1 atom stereocenters. The Morgan fingerprint density at radius 3 is 1.03 bits per heavy atom. The molecule has 0 heterocycles. The number of hydrogen-bond donors (Lipinski definition) is 1. The molecule has 0 aliphatic heterocycles. The number of esters is 2. The van der Waals surface area contributed by atoms with E-state index < -0.39 is 6.10 Å². The Labute approximate surface area is 362 Å². The smallest absolute Gasteiger partial charge is 0.306 e. The van der Waals surface area contributed by atoms with E-state index in [0.717, 1.165) is 44.9 Å². The third-order valence-electron chi connectivity index (χ3n) is 11.7. The Morgan fingerprint density at radius 1 is 0.397 bits per heavy atom. The molecule has 5 nitrogen and oxygen atoms in total. The molecule has 0 radical (unpaired) electrons. The number of carbonyl (C=O) groups excluding carboxylic acids is 2. The van der Waals surface area contributed by atoms with Crippen LogP contribution >= 0.6 is 0 Å². The van der Waals surface area contributed by atoms with Crippen LogP contribution in [0.25, 0.3) is 0 Å². The van der Waals surface area contributed by atoms with Gasteiger partial charge in [-0.25, -0.2) is 0 Å². The van der Waals surface area contributed by atoms with Crippen molar-refractivity contribution in [2.75, 3.05) is 13.2 Å². The summed E-state index contributed by atoms with van der Waals surface area (Å²) in [5.41, 5.74) is 0. The van der Waals surface area contributed by atoms with Gasteiger partial charge in [0.2, 0.25) is 0 Å². The van der Waals surface area contributed by atoms with Crippen molar-refractivity contribution in [2.24, 2.45) is 0 Å². The van der Waals surface area contributed by atoms with Gasteiger partial charge in [-0.1, -0.05) is 250 Å². The highest BCUT2D eigenvalue weighted by Crippen LogP contribution is 2.17.